The zero-order valence-corrected chi connectivity index (χ0v) is 15.0. The maximum absolute atomic E-state index is 13.7. The third-order valence-corrected chi connectivity index (χ3v) is 4.72. The molecule has 2 aromatic carbocycles. The second-order valence-electron chi connectivity index (χ2n) is 6.83. The van der Waals surface area contributed by atoms with Gasteiger partial charge in [-0.25, -0.2) is 13.2 Å². The van der Waals surface area contributed by atoms with E-state index in [0.717, 1.165) is 25.0 Å². The van der Waals surface area contributed by atoms with Gasteiger partial charge in [0, 0.05) is 24.7 Å². The van der Waals surface area contributed by atoms with Gasteiger partial charge in [-0.3, -0.25) is 14.9 Å². The monoisotopic (exact) mass is 393 g/mol. The number of carbonyl (C=O) groups is 1. The van der Waals surface area contributed by atoms with Gasteiger partial charge in [-0.1, -0.05) is 6.92 Å². The lowest BCUT2D eigenvalue weighted by Crippen LogP contribution is -2.34. The molecule has 3 rings (SSSR count). The second kappa shape index (κ2) is 7.87. The molecule has 6 nitrogen and oxygen atoms in total. The third kappa shape index (κ3) is 3.92. The van der Waals surface area contributed by atoms with Crippen molar-refractivity contribution in [3.05, 3.63) is 63.5 Å². The van der Waals surface area contributed by atoms with Gasteiger partial charge in [0.25, 0.3) is 11.6 Å². The van der Waals surface area contributed by atoms with E-state index in [1.165, 1.54) is 12.1 Å². The zero-order chi connectivity index (χ0) is 20.4. The summed E-state index contributed by atoms with van der Waals surface area (Å²) in [6.07, 6.45) is 1.96. The minimum Gasteiger partial charge on any atom is -0.366 e. The van der Waals surface area contributed by atoms with Crippen LogP contribution < -0.4 is 10.2 Å². The van der Waals surface area contributed by atoms with Crippen molar-refractivity contribution in [2.24, 2.45) is 5.92 Å². The third-order valence-electron chi connectivity index (χ3n) is 4.72. The molecule has 0 aromatic heterocycles. The SMILES string of the molecule is CC1CCCN(c2ccc(C(=O)Nc3ccc(F)c(F)c3F)cc2[N+](=O)[O-])C1. The van der Waals surface area contributed by atoms with Gasteiger partial charge in [0.05, 0.1) is 10.6 Å². The Morgan fingerprint density at radius 2 is 1.96 bits per heavy atom. The first-order valence-corrected chi connectivity index (χ1v) is 8.76. The fraction of sp³-hybridized carbons (Fsp3) is 0.316. The minimum atomic E-state index is -1.71. The lowest BCUT2D eigenvalue weighted by Gasteiger charge is -2.32. The number of hydrogen-bond acceptors (Lipinski definition) is 4. The Balaban J connectivity index is 1.88. The molecule has 0 radical (unpaired) electrons. The van der Waals surface area contributed by atoms with Gasteiger partial charge in [0.2, 0.25) is 0 Å². The van der Waals surface area contributed by atoms with Crippen LogP contribution in [0.25, 0.3) is 0 Å². The predicted octanol–water partition coefficient (Wildman–Crippen LogP) is 4.50. The first-order chi connectivity index (χ1) is 13.3. The van der Waals surface area contributed by atoms with Crippen molar-refractivity contribution in [1.29, 1.82) is 0 Å². The fourth-order valence-electron chi connectivity index (χ4n) is 3.30. The van der Waals surface area contributed by atoms with Crippen LogP contribution in [-0.4, -0.2) is 23.9 Å². The van der Waals surface area contributed by atoms with Crippen molar-refractivity contribution < 1.29 is 22.9 Å². The molecule has 2 aromatic rings. The molecule has 1 amide bonds. The van der Waals surface area contributed by atoms with Gasteiger partial charge >= 0.3 is 0 Å². The maximum Gasteiger partial charge on any atom is 0.293 e. The molecular formula is C19H18F3N3O3. The average Bonchev–Trinajstić information content (AvgIpc) is 2.67. The molecule has 28 heavy (non-hydrogen) atoms. The van der Waals surface area contributed by atoms with Crippen molar-refractivity contribution in [2.75, 3.05) is 23.3 Å². The quantitative estimate of drug-likeness (QED) is 0.471. The number of piperidine rings is 1. The number of benzene rings is 2. The van der Waals surface area contributed by atoms with Gasteiger partial charge in [0.1, 0.15) is 5.69 Å². The van der Waals surface area contributed by atoms with Crippen LogP contribution in [0.4, 0.5) is 30.2 Å². The van der Waals surface area contributed by atoms with Crippen LogP contribution in [0, 0.1) is 33.5 Å². The minimum absolute atomic E-state index is 0.0929. The molecular weight excluding hydrogens is 375 g/mol. The van der Waals surface area contributed by atoms with E-state index in [1.54, 1.807) is 0 Å². The van der Waals surface area contributed by atoms with E-state index in [9.17, 15) is 28.1 Å². The second-order valence-corrected chi connectivity index (χ2v) is 6.83. The normalized spacial score (nSPS) is 16.7. The Hall–Kier alpha value is -3.10. The summed E-state index contributed by atoms with van der Waals surface area (Å²) >= 11 is 0. The molecule has 1 saturated heterocycles. The van der Waals surface area contributed by atoms with E-state index in [0.29, 0.717) is 30.8 Å². The molecule has 9 heteroatoms. The number of carbonyl (C=O) groups excluding carboxylic acids is 1. The van der Waals surface area contributed by atoms with Crippen LogP contribution in [0.3, 0.4) is 0 Å². The molecule has 1 fully saturated rings. The summed E-state index contributed by atoms with van der Waals surface area (Å²) in [7, 11) is 0. The summed E-state index contributed by atoms with van der Waals surface area (Å²) in [6.45, 7) is 3.42. The molecule has 0 spiro atoms. The van der Waals surface area contributed by atoms with Crippen LogP contribution in [0.5, 0.6) is 0 Å². The molecule has 1 heterocycles. The Morgan fingerprint density at radius 3 is 2.64 bits per heavy atom. The highest BCUT2D eigenvalue weighted by molar-refractivity contribution is 6.05. The van der Waals surface area contributed by atoms with E-state index in [-0.39, 0.29) is 11.3 Å². The Labute approximate surface area is 159 Å². The molecule has 0 bridgehead atoms. The number of anilines is 2. The van der Waals surface area contributed by atoms with Crippen LogP contribution in [0.1, 0.15) is 30.1 Å². The van der Waals surface area contributed by atoms with Crippen LogP contribution in [0.15, 0.2) is 30.3 Å². The standard InChI is InChI=1S/C19H18F3N3O3/c1-11-3-2-8-24(10-11)15-7-4-12(9-16(15)25(27)28)19(26)23-14-6-5-13(20)17(21)18(14)22/h4-7,9,11H,2-3,8,10H2,1H3,(H,23,26). The van der Waals surface area contributed by atoms with E-state index in [4.69, 9.17) is 0 Å². The summed E-state index contributed by atoms with van der Waals surface area (Å²) < 4.78 is 40.1. The number of nitrogens with zero attached hydrogens (tertiary/aromatic N) is 2. The number of nitro groups is 1. The van der Waals surface area contributed by atoms with Gasteiger partial charge in [0.15, 0.2) is 17.5 Å². The summed E-state index contributed by atoms with van der Waals surface area (Å²) in [5.74, 6) is -5.11. The van der Waals surface area contributed by atoms with E-state index >= 15 is 0 Å². The highest BCUT2D eigenvalue weighted by atomic mass is 19.2. The lowest BCUT2D eigenvalue weighted by atomic mass is 9.99. The number of amides is 1. The number of nitro benzene ring substituents is 1. The molecule has 1 unspecified atom stereocenters. The molecule has 1 aliphatic heterocycles. The van der Waals surface area contributed by atoms with Crippen molar-refractivity contribution in [3.63, 3.8) is 0 Å². The van der Waals surface area contributed by atoms with Crippen molar-refractivity contribution in [2.45, 2.75) is 19.8 Å². The van der Waals surface area contributed by atoms with Gasteiger partial charge < -0.3 is 10.2 Å². The smallest absolute Gasteiger partial charge is 0.293 e. The number of nitrogens with one attached hydrogen (secondary N) is 1. The van der Waals surface area contributed by atoms with Crippen molar-refractivity contribution in [3.8, 4) is 0 Å². The first-order valence-electron chi connectivity index (χ1n) is 8.76. The molecule has 1 N–H and O–H groups in total. The molecule has 0 aliphatic carbocycles. The maximum atomic E-state index is 13.7. The number of halogens is 3. The molecule has 1 aliphatic rings. The zero-order valence-electron chi connectivity index (χ0n) is 15.0. The van der Waals surface area contributed by atoms with E-state index in [2.05, 4.69) is 12.2 Å². The topological polar surface area (TPSA) is 75.5 Å². The number of hydrogen-bond donors (Lipinski definition) is 1. The van der Waals surface area contributed by atoms with Crippen LogP contribution in [-0.2, 0) is 0 Å². The summed E-state index contributed by atoms with van der Waals surface area (Å²) in [4.78, 5) is 25.2. The highest BCUT2D eigenvalue weighted by Gasteiger charge is 2.25. The fourth-order valence-corrected chi connectivity index (χ4v) is 3.30. The highest BCUT2D eigenvalue weighted by Crippen LogP contribution is 2.32. The van der Waals surface area contributed by atoms with Crippen LogP contribution in [0.2, 0.25) is 0 Å². The predicted molar refractivity (Wildman–Crippen MR) is 98.0 cm³/mol. The largest absolute Gasteiger partial charge is 0.366 e. The Morgan fingerprint density at radius 1 is 1.21 bits per heavy atom. The Kier molecular flexibility index (Phi) is 5.53. The van der Waals surface area contributed by atoms with Crippen LogP contribution >= 0.6 is 0 Å². The molecule has 0 saturated carbocycles. The van der Waals surface area contributed by atoms with Crippen molar-refractivity contribution >= 4 is 23.0 Å². The van der Waals surface area contributed by atoms with E-state index < -0.39 is 34.0 Å². The van der Waals surface area contributed by atoms with E-state index in [1.807, 2.05) is 4.90 Å². The van der Waals surface area contributed by atoms with Gasteiger partial charge in [-0.2, -0.15) is 0 Å². The molecule has 1 atom stereocenters. The average molecular weight is 393 g/mol. The molecule has 148 valence electrons. The summed E-state index contributed by atoms with van der Waals surface area (Å²) in [5, 5.41) is 13.6. The lowest BCUT2D eigenvalue weighted by molar-refractivity contribution is -0.384. The summed E-state index contributed by atoms with van der Waals surface area (Å²) in [6, 6.07) is 5.52. The van der Waals surface area contributed by atoms with Gasteiger partial charge in [-0.05, 0) is 43.0 Å². The number of rotatable bonds is 4. The Bertz CT molecular complexity index is 936. The summed E-state index contributed by atoms with van der Waals surface area (Å²) in [5.41, 5.74) is -0.482. The first kappa shape index (κ1) is 19.7. The van der Waals surface area contributed by atoms with Gasteiger partial charge in [-0.15, -0.1) is 0 Å². The van der Waals surface area contributed by atoms with Crippen molar-refractivity contribution in [1.82, 2.24) is 0 Å².